The number of nitrogens with zero attached hydrogens (tertiary/aromatic N) is 1. The summed E-state index contributed by atoms with van der Waals surface area (Å²) in [6, 6.07) is 19.5. The molecule has 1 aliphatic rings. The van der Waals surface area contributed by atoms with E-state index in [1.54, 1.807) is 54.6 Å². The number of carbonyl (C=O) groups excluding carboxylic acids is 2. The Hall–Kier alpha value is -3.91. The van der Waals surface area contributed by atoms with Crippen molar-refractivity contribution in [3.63, 3.8) is 0 Å². The Kier molecular flexibility index (Phi) is 5.78. The fourth-order valence-corrected chi connectivity index (χ4v) is 5.42. The maximum atomic E-state index is 13.6. The molecule has 0 bridgehead atoms. The summed E-state index contributed by atoms with van der Waals surface area (Å²) < 4.78 is 31.8. The number of aryl methyl sites for hydroxylation is 1. The Balaban J connectivity index is 1.91. The first-order valence-electron chi connectivity index (χ1n) is 10.1. The topological polar surface area (TPSA) is 101 Å². The molecule has 0 fully saturated rings. The Morgan fingerprint density at radius 1 is 0.939 bits per heavy atom. The number of hydrogen-bond acceptors (Lipinski definition) is 6. The van der Waals surface area contributed by atoms with Crippen molar-refractivity contribution in [1.29, 1.82) is 0 Å². The van der Waals surface area contributed by atoms with E-state index >= 15 is 0 Å². The largest absolute Gasteiger partial charge is 0.502 e. The van der Waals surface area contributed by atoms with Crippen LogP contribution in [-0.4, -0.2) is 32.5 Å². The van der Waals surface area contributed by atoms with Gasteiger partial charge in [0.15, 0.2) is 5.76 Å². The van der Waals surface area contributed by atoms with Gasteiger partial charge in [-0.1, -0.05) is 48.0 Å². The highest BCUT2D eigenvalue weighted by molar-refractivity contribution is 7.95. The van der Waals surface area contributed by atoms with Gasteiger partial charge in [0, 0.05) is 5.69 Å². The van der Waals surface area contributed by atoms with Crippen LogP contribution in [0.1, 0.15) is 27.5 Å². The molecule has 0 aliphatic carbocycles. The zero-order valence-electron chi connectivity index (χ0n) is 17.9. The summed E-state index contributed by atoms with van der Waals surface area (Å²) in [6.45, 7) is 1.89. The molecule has 0 radical (unpaired) electrons. The number of anilines is 1. The van der Waals surface area contributed by atoms with Gasteiger partial charge >= 0.3 is 5.97 Å². The van der Waals surface area contributed by atoms with Gasteiger partial charge in [-0.2, -0.15) is 0 Å². The SMILES string of the molecule is COC(=O)c1ccc([C@H]2C(S(=O)(=O)c3ccccc3)=C(O)C(=O)N2c2ccc(C)cc2)cc1. The number of aliphatic hydroxyl groups excluding tert-OH is 1. The van der Waals surface area contributed by atoms with Crippen molar-refractivity contribution in [3.05, 3.63) is 106 Å². The molecule has 7 nitrogen and oxygen atoms in total. The molecule has 0 saturated carbocycles. The Labute approximate surface area is 191 Å². The second-order valence-corrected chi connectivity index (χ2v) is 9.47. The van der Waals surface area contributed by atoms with Gasteiger partial charge in [-0.15, -0.1) is 0 Å². The van der Waals surface area contributed by atoms with E-state index in [0.29, 0.717) is 11.3 Å². The molecular formula is C25H21NO6S. The molecule has 0 saturated heterocycles. The van der Waals surface area contributed by atoms with Crippen molar-refractivity contribution >= 4 is 27.4 Å². The molecule has 0 aromatic heterocycles. The quantitative estimate of drug-likeness (QED) is 0.572. The molecule has 1 amide bonds. The first-order valence-corrected chi connectivity index (χ1v) is 11.6. The molecular weight excluding hydrogens is 442 g/mol. The molecule has 3 aromatic rings. The van der Waals surface area contributed by atoms with E-state index in [2.05, 4.69) is 0 Å². The van der Waals surface area contributed by atoms with Gasteiger partial charge in [-0.05, 0) is 48.9 Å². The number of benzene rings is 3. The van der Waals surface area contributed by atoms with E-state index in [1.807, 2.05) is 6.92 Å². The highest BCUT2D eigenvalue weighted by atomic mass is 32.2. The first-order chi connectivity index (χ1) is 15.8. The van der Waals surface area contributed by atoms with Gasteiger partial charge in [0.25, 0.3) is 5.91 Å². The van der Waals surface area contributed by atoms with Crippen molar-refractivity contribution in [2.75, 3.05) is 12.0 Å². The Morgan fingerprint density at radius 3 is 2.12 bits per heavy atom. The summed E-state index contributed by atoms with van der Waals surface area (Å²) in [5.41, 5.74) is 2.07. The number of esters is 1. The van der Waals surface area contributed by atoms with Crippen molar-refractivity contribution in [2.24, 2.45) is 0 Å². The molecule has 1 atom stereocenters. The normalized spacial score (nSPS) is 16.2. The minimum Gasteiger partial charge on any atom is -0.502 e. The van der Waals surface area contributed by atoms with Crippen LogP contribution < -0.4 is 4.90 Å². The standard InChI is InChI=1S/C25H21NO6S/c1-16-8-14-19(15-9-16)26-21(17-10-12-18(13-11-17)25(29)32-2)23(22(27)24(26)28)33(30,31)20-6-4-3-5-7-20/h3-15,21,27H,1-2H3/t21-/m0/s1. The van der Waals surface area contributed by atoms with Crippen molar-refractivity contribution in [3.8, 4) is 0 Å². The first kappa shape index (κ1) is 22.3. The van der Waals surface area contributed by atoms with E-state index in [9.17, 15) is 23.1 Å². The summed E-state index contributed by atoms with van der Waals surface area (Å²) in [5.74, 6) is -2.20. The van der Waals surface area contributed by atoms with Gasteiger partial charge < -0.3 is 9.84 Å². The zero-order chi connectivity index (χ0) is 23.8. The van der Waals surface area contributed by atoms with E-state index in [1.165, 1.54) is 36.3 Å². The third-order valence-corrected chi connectivity index (χ3v) is 7.35. The fourth-order valence-electron chi connectivity index (χ4n) is 3.78. The maximum absolute atomic E-state index is 13.6. The van der Waals surface area contributed by atoms with Gasteiger partial charge in [0.2, 0.25) is 9.84 Å². The number of aliphatic hydroxyl groups is 1. The number of methoxy groups -OCH3 is 1. The van der Waals surface area contributed by atoms with E-state index < -0.39 is 38.4 Å². The summed E-state index contributed by atoms with van der Waals surface area (Å²) in [6.07, 6.45) is 0. The second kappa shape index (κ2) is 8.55. The third-order valence-electron chi connectivity index (χ3n) is 5.46. The predicted octanol–water partition coefficient (Wildman–Crippen LogP) is 4.11. The molecule has 1 aliphatic heterocycles. The molecule has 33 heavy (non-hydrogen) atoms. The monoisotopic (exact) mass is 463 g/mol. The van der Waals surface area contributed by atoms with Crippen LogP contribution >= 0.6 is 0 Å². The van der Waals surface area contributed by atoms with Crippen LogP contribution in [0.25, 0.3) is 0 Å². The molecule has 0 unspecified atom stereocenters. The lowest BCUT2D eigenvalue weighted by molar-refractivity contribution is -0.117. The molecule has 8 heteroatoms. The molecule has 1 heterocycles. The zero-order valence-corrected chi connectivity index (χ0v) is 18.7. The van der Waals surface area contributed by atoms with Crippen LogP contribution in [0, 0.1) is 6.92 Å². The number of rotatable bonds is 5. The van der Waals surface area contributed by atoms with E-state index in [4.69, 9.17) is 4.74 Å². The lowest BCUT2D eigenvalue weighted by Gasteiger charge is -2.27. The van der Waals surface area contributed by atoms with Crippen LogP contribution in [0.2, 0.25) is 0 Å². The van der Waals surface area contributed by atoms with E-state index in [-0.39, 0.29) is 10.5 Å². The minimum atomic E-state index is -4.22. The lowest BCUT2D eigenvalue weighted by atomic mass is 10.0. The lowest BCUT2D eigenvalue weighted by Crippen LogP contribution is -2.31. The average Bonchev–Trinajstić information content (AvgIpc) is 3.11. The van der Waals surface area contributed by atoms with Crippen LogP contribution in [0.4, 0.5) is 5.69 Å². The predicted molar refractivity (Wildman–Crippen MR) is 122 cm³/mol. The van der Waals surface area contributed by atoms with Crippen LogP contribution in [0.3, 0.4) is 0 Å². The maximum Gasteiger partial charge on any atom is 0.337 e. The second-order valence-electron chi connectivity index (χ2n) is 7.56. The molecule has 3 aromatic carbocycles. The third kappa shape index (κ3) is 3.89. The molecule has 168 valence electrons. The number of ether oxygens (including phenoxy) is 1. The van der Waals surface area contributed by atoms with Crippen LogP contribution in [0.15, 0.2) is 94.4 Å². The van der Waals surface area contributed by atoms with Gasteiger partial charge in [-0.25, -0.2) is 13.2 Å². The van der Waals surface area contributed by atoms with Crippen LogP contribution in [-0.2, 0) is 19.4 Å². The molecule has 1 N–H and O–H groups in total. The Morgan fingerprint density at radius 2 is 1.55 bits per heavy atom. The van der Waals surface area contributed by atoms with Crippen LogP contribution in [0.5, 0.6) is 0 Å². The smallest absolute Gasteiger partial charge is 0.337 e. The van der Waals surface area contributed by atoms with E-state index in [0.717, 1.165) is 5.56 Å². The minimum absolute atomic E-state index is 0.0405. The Bertz CT molecular complexity index is 1340. The van der Waals surface area contributed by atoms with Gasteiger partial charge in [0.05, 0.1) is 17.6 Å². The van der Waals surface area contributed by atoms with Crippen molar-refractivity contribution in [1.82, 2.24) is 0 Å². The highest BCUT2D eigenvalue weighted by Crippen LogP contribution is 2.44. The van der Waals surface area contributed by atoms with Gasteiger partial charge in [0.1, 0.15) is 10.9 Å². The summed E-state index contributed by atoms with van der Waals surface area (Å²) in [5, 5.41) is 10.8. The highest BCUT2D eigenvalue weighted by Gasteiger charge is 2.47. The number of carbonyl (C=O) groups is 2. The van der Waals surface area contributed by atoms with Crippen molar-refractivity contribution in [2.45, 2.75) is 17.9 Å². The summed E-state index contributed by atoms with van der Waals surface area (Å²) in [7, 11) is -2.96. The van der Waals surface area contributed by atoms with Gasteiger partial charge in [-0.3, -0.25) is 9.69 Å². The molecule has 0 spiro atoms. The van der Waals surface area contributed by atoms with Crippen molar-refractivity contribution < 1.29 is 27.9 Å². The number of amides is 1. The number of hydrogen-bond donors (Lipinski definition) is 1. The molecule has 4 rings (SSSR count). The summed E-state index contributed by atoms with van der Waals surface area (Å²) >= 11 is 0. The summed E-state index contributed by atoms with van der Waals surface area (Å²) in [4.78, 5) is 25.8. The number of sulfone groups is 1. The average molecular weight is 464 g/mol. The fraction of sp³-hybridized carbons (Fsp3) is 0.120.